The van der Waals surface area contributed by atoms with Crippen LogP contribution in [0.3, 0.4) is 0 Å². The van der Waals surface area contributed by atoms with E-state index in [0.717, 1.165) is 62.3 Å². The Morgan fingerprint density at radius 3 is 2.27 bits per heavy atom. The minimum absolute atomic E-state index is 0.122. The van der Waals surface area contributed by atoms with Gasteiger partial charge in [0.2, 0.25) is 5.91 Å². The predicted molar refractivity (Wildman–Crippen MR) is 164 cm³/mol. The number of carbonyl (C=O) groups excluding carboxylic acids is 2. The van der Waals surface area contributed by atoms with Crippen molar-refractivity contribution in [3.05, 3.63) is 71.8 Å². The van der Waals surface area contributed by atoms with E-state index in [2.05, 4.69) is 73.6 Å². The van der Waals surface area contributed by atoms with Crippen molar-refractivity contribution in [2.75, 3.05) is 37.6 Å². The highest BCUT2D eigenvalue weighted by molar-refractivity contribution is 5.87. The maximum atomic E-state index is 13.2. The van der Waals surface area contributed by atoms with Crippen LogP contribution in [0.25, 0.3) is 0 Å². The molecule has 2 N–H and O–H groups in total. The van der Waals surface area contributed by atoms with Crippen molar-refractivity contribution in [3.63, 3.8) is 0 Å². The molecule has 0 bridgehead atoms. The number of urea groups is 1. The molecular formula is C33H48N4O3. The zero-order valence-electron chi connectivity index (χ0n) is 24.8. The Morgan fingerprint density at radius 1 is 0.975 bits per heavy atom. The van der Waals surface area contributed by atoms with Crippen molar-refractivity contribution in [2.45, 2.75) is 72.4 Å². The molecule has 1 saturated heterocycles. The number of hydrogen-bond acceptors (Lipinski definition) is 4. The summed E-state index contributed by atoms with van der Waals surface area (Å²) >= 11 is 0. The van der Waals surface area contributed by atoms with Crippen molar-refractivity contribution in [2.24, 2.45) is 5.92 Å². The molecule has 0 aliphatic carbocycles. The quantitative estimate of drug-likeness (QED) is 0.294. The SMILES string of the molecule is CC(C)=CCN(CCNC(=O)[C@H](CC(C)C)NC(=O)N1CCCCCC1)c1ccc(OCc2ccccc2)cc1. The lowest BCUT2D eigenvalue weighted by Gasteiger charge is -2.27. The highest BCUT2D eigenvalue weighted by atomic mass is 16.5. The summed E-state index contributed by atoms with van der Waals surface area (Å²) in [5.74, 6) is 0.986. The van der Waals surface area contributed by atoms with Gasteiger partial charge in [-0.1, -0.05) is 68.7 Å². The maximum absolute atomic E-state index is 13.2. The Morgan fingerprint density at radius 2 is 1.65 bits per heavy atom. The van der Waals surface area contributed by atoms with E-state index in [1.165, 1.54) is 5.57 Å². The molecule has 1 heterocycles. The lowest BCUT2D eigenvalue weighted by atomic mass is 10.0. The van der Waals surface area contributed by atoms with Crippen molar-refractivity contribution in [3.8, 4) is 5.75 Å². The van der Waals surface area contributed by atoms with Crippen LogP contribution in [-0.2, 0) is 11.4 Å². The molecule has 0 aromatic heterocycles. The van der Waals surface area contributed by atoms with Crippen molar-refractivity contribution in [1.82, 2.24) is 15.5 Å². The number of hydrogen-bond donors (Lipinski definition) is 2. The Kier molecular flexibility index (Phi) is 12.9. The summed E-state index contributed by atoms with van der Waals surface area (Å²) in [5, 5.41) is 6.11. The van der Waals surface area contributed by atoms with Gasteiger partial charge in [-0.15, -0.1) is 0 Å². The summed E-state index contributed by atoms with van der Waals surface area (Å²) in [5.41, 5.74) is 3.43. The van der Waals surface area contributed by atoms with Gasteiger partial charge in [0.05, 0.1) is 0 Å². The van der Waals surface area contributed by atoms with E-state index in [1.807, 2.05) is 35.2 Å². The minimum Gasteiger partial charge on any atom is -0.489 e. The molecule has 40 heavy (non-hydrogen) atoms. The third-order valence-corrected chi connectivity index (χ3v) is 7.07. The smallest absolute Gasteiger partial charge is 0.318 e. The van der Waals surface area contributed by atoms with Crippen LogP contribution in [0.15, 0.2) is 66.2 Å². The molecule has 3 amide bonds. The van der Waals surface area contributed by atoms with Crippen LogP contribution in [0.1, 0.15) is 65.4 Å². The molecule has 1 atom stereocenters. The zero-order valence-corrected chi connectivity index (χ0v) is 24.8. The van der Waals surface area contributed by atoms with Crippen molar-refractivity contribution >= 4 is 17.6 Å². The normalized spacial score (nSPS) is 14.2. The van der Waals surface area contributed by atoms with E-state index in [1.54, 1.807) is 0 Å². The summed E-state index contributed by atoms with van der Waals surface area (Å²) in [6.45, 7) is 12.2. The second-order valence-electron chi connectivity index (χ2n) is 11.3. The van der Waals surface area contributed by atoms with Crippen LogP contribution in [0.5, 0.6) is 5.75 Å². The highest BCUT2D eigenvalue weighted by Gasteiger charge is 2.25. The number of ether oxygens (including phenoxy) is 1. The second-order valence-corrected chi connectivity index (χ2v) is 11.3. The minimum atomic E-state index is -0.539. The van der Waals surface area contributed by atoms with Gasteiger partial charge in [-0.25, -0.2) is 4.79 Å². The van der Waals surface area contributed by atoms with Gasteiger partial charge in [0.25, 0.3) is 0 Å². The summed E-state index contributed by atoms with van der Waals surface area (Å²) < 4.78 is 5.95. The lowest BCUT2D eigenvalue weighted by molar-refractivity contribution is -0.123. The van der Waals surface area contributed by atoms with Gasteiger partial charge >= 0.3 is 6.03 Å². The number of carbonyl (C=O) groups is 2. The third-order valence-electron chi connectivity index (χ3n) is 7.07. The Balaban J connectivity index is 1.57. The largest absolute Gasteiger partial charge is 0.489 e. The van der Waals surface area contributed by atoms with E-state index in [4.69, 9.17) is 4.74 Å². The van der Waals surface area contributed by atoms with Gasteiger partial charge in [0.1, 0.15) is 18.4 Å². The molecule has 2 aromatic carbocycles. The summed E-state index contributed by atoms with van der Waals surface area (Å²) in [7, 11) is 0. The summed E-state index contributed by atoms with van der Waals surface area (Å²) in [6.07, 6.45) is 7.16. The molecule has 7 heteroatoms. The third kappa shape index (κ3) is 10.9. The standard InChI is InChI=1S/C33H48N4O3/c1-26(2)18-22-36(29-14-16-30(17-15-29)40-25-28-12-8-7-9-13-28)23-19-34-32(38)31(24-27(3)4)35-33(39)37-20-10-5-6-11-21-37/h7-9,12-18,27,31H,5-6,10-11,19-25H2,1-4H3,(H,34,38)(H,35,39)/t31-/m0/s1. The summed E-state index contributed by atoms with van der Waals surface area (Å²) in [4.78, 5) is 30.2. The highest BCUT2D eigenvalue weighted by Crippen LogP contribution is 2.21. The molecular weight excluding hydrogens is 500 g/mol. The number of amides is 3. The van der Waals surface area contributed by atoms with Gasteiger partial charge in [-0.3, -0.25) is 4.79 Å². The van der Waals surface area contributed by atoms with E-state index in [9.17, 15) is 9.59 Å². The average Bonchev–Trinajstić information content (AvgIpc) is 3.24. The maximum Gasteiger partial charge on any atom is 0.318 e. The molecule has 0 spiro atoms. The van der Waals surface area contributed by atoms with E-state index in [-0.39, 0.29) is 17.9 Å². The van der Waals surface area contributed by atoms with Crippen LogP contribution in [0.2, 0.25) is 0 Å². The second kappa shape index (κ2) is 16.6. The first-order valence-corrected chi connectivity index (χ1v) is 14.8. The zero-order chi connectivity index (χ0) is 28.7. The molecule has 3 rings (SSSR count). The van der Waals surface area contributed by atoms with Gasteiger partial charge in [0, 0.05) is 38.4 Å². The first kappa shape index (κ1) is 31.1. The number of anilines is 1. The monoisotopic (exact) mass is 548 g/mol. The molecule has 0 unspecified atom stereocenters. The summed E-state index contributed by atoms with van der Waals surface area (Å²) in [6, 6.07) is 17.6. The lowest BCUT2D eigenvalue weighted by Crippen LogP contribution is -2.52. The molecule has 1 aliphatic heterocycles. The molecule has 1 aliphatic rings. The average molecular weight is 549 g/mol. The molecule has 7 nitrogen and oxygen atoms in total. The number of likely N-dealkylation sites (tertiary alicyclic amines) is 1. The Labute approximate surface area is 241 Å². The van der Waals surface area contributed by atoms with Crippen molar-refractivity contribution in [1.29, 1.82) is 0 Å². The van der Waals surface area contributed by atoms with Gasteiger partial charge in [0.15, 0.2) is 0 Å². The number of allylic oxidation sites excluding steroid dienone is 1. The number of nitrogens with zero attached hydrogens (tertiary/aromatic N) is 2. The molecule has 1 fully saturated rings. The first-order chi connectivity index (χ1) is 19.3. The topological polar surface area (TPSA) is 73.9 Å². The van der Waals surface area contributed by atoms with Gasteiger partial charge in [-0.2, -0.15) is 0 Å². The fourth-order valence-electron chi connectivity index (χ4n) is 4.77. The van der Waals surface area contributed by atoms with Crippen LogP contribution >= 0.6 is 0 Å². The number of nitrogens with one attached hydrogen (secondary N) is 2. The van der Waals surface area contributed by atoms with E-state index < -0.39 is 6.04 Å². The van der Waals surface area contributed by atoms with Crippen LogP contribution in [0.4, 0.5) is 10.5 Å². The van der Waals surface area contributed by atoms with Crippen LogP contribution in [-0.4, -0.2) is 55.6 Å². The number of benzene rings is 2. The first-order valence-electron chi connectivity index (χ1n) is 14.8. The van der Waals surface area contributed by atoms with Crippen LogP contribution < -0.4 is 20.3 Å². The fourth-order valence-corrected chi connectivity index (χ4v) is 4.77. The van der Waals surface area contributed by atoms with Crippen LogP contribution in [0, 0.1) is 5.92 Å². The van der Waals surface area contributed by atoms with Gasteiger partial charge in [-0.05, 0) is 68.9 Å². The molecule has 2 aromatic rings. The van der Waals surface area contributed by atoms with E-state index >= 15 is 0 Å². The molecule has 218 valence electrons. The van der Waals surface area contributed by atoms with Crippen molar-refractivity contribution < 1.29 is 14.3 Å². The predicted octanol–water partition coefficient (Wildman–Crippen LogP) is 6.15. The van der Waals surface area contributed by atoms with Gasteiger partial charge < -0.3 is 25.2 Å². The van der Waals surface area contributed by atoms with E-state index in [0.29, 0.717) is 26.1 Å². The fraction of sp³-hybridized carbons (Fsp3) is 0.515. The Bertz CT molecular complexity index is 1060. The Hall–Kier alpha value is -3.48. The molecule has 0 saturated carbocycles. The molecule has 0 radical (unpaired) electrons. The number of rotatable bonds is 13.